The Kier molecular flexibility index (Phi) is 10.4. The summed E-state index contributed by atoms with van der Waals surface area (Å²) in [5, 5.41) is 0. The highest BCUT2D eigenvalue weighted by Crippen LogP contribution is 2.24. The van der Waals surface area contributed by atoms with Gasteiger partial charge in [0.15, 0.2) is 0 Å². The summed E-state index contributed by atoms with van der Waals surface area (Å²) in [4.78, 5) is 0. The molecular formula is C12H26Cl2O. The van der Waals surface area contributed by atoms with E-state index in [1.807, 2.05) is 0 Å². The van der Waals surface area contributed by atoms with Crippen molar-refractivity contribution in [3.63, 3.8) is 0 Å². The van der Waals surface area contributed by atoms with E-state index in [9.17, 15) is 0 Å². The highest BCUT2D eigenvalue weighted by atomic mass is 35.5. The molecule has 0 aromatic heterocycles. The van der Waals surface area contributed by atoms with Crippen LogP contribution >= 0.6 is 23.2 Å². The van der Waals surface area contributed by atoms with E-state index in [1.54, 1.807) is 0 Å². The summed E-state index contributed by atoms with van der Waals surface area (Å²) in [5.41, 5.74) is 0.0546. The number of hydrogen-bond donors (Lipinski definition) is 0. The van der Waals surface area contributed by atoms with Crippen molar-refractivity contribution in [2.75, 3.05) is 11.8 Å². The quantitative estimate of drug-likeness (QED) is 0.640. The van der Waals surface area contributed by atoms with Crippen molar-refractivity contribution in [3.05, 3.63) is 0 Å². The minimum Gasteiger partial charge on any atom is -0.370 e. The molecule has 0 fully saturated rings. The Morgan fingerprint density at radius 1 is 0.800 bits per heavy atom. The van der Waals surface area contributed by atoms with Crippen LogP contribution in [0.4, 0.5) is 0 Å². The smallest absolute Gasteiger partial charge is 0.0631 e. The summed E-state index contributed by atoms with van der Waals surface area (Å²) in [7, 11) is 0. The van der Waals surface area contributed by atoms with Gasteiger partial charge in [0.2, 0.25) is 0 Å². The molecule has 0 aromatic rings. The minimum absolute atomic E-state index is 0.0273. The van der Waals surface area contributed by atoms with Crippen LogP contribution in [0.15, 0.2) is 0 Å². The average Bonchev–Trinajstić information content (AvgIpc) is 2.17. The topological polar surface area (TPSA) is 9.23 Å². The van der Waals surface area contributed by atoms with Gasteiger partial charge in [-0.2, -0.15) is 0 Å². The van der Waals surface area contributed by atoms with Crippen LogP contribution in [0.1, 0.15) is 54.4 Å². The van der Waals surface area contributed by atoms with Crippen molar-refractivity contribution in [3.8, 4) is 0 Å². The molecule has 0 amide bonds. The summed E-state index contributed by atoms with van der Waals surface area (Å²) in [6.45, 7) is 12.9. The highest BCUT2D eigenvalue weighted by molar-refractivity contribution is 6.25. The molecule has 0 atom stereocenters. The molecule has 0 saturated heterocycles. The lowest BCUT2D eigenvalue weighted by atomic mass is 10.0. The second kappa shape index (κ2) is 8.66. The minimum atomic E-state index is 0.0273. The lowest BCUT2D eigenvalue weighted by molar-refractivity contribution is -0.124. The molecule has 0 rings (SSSR count). The monoisotopic (exact) mass is 256 g/mol. The number of ether oxygens (including phenoxy) is 1. The van der Waals surface area contributed by atoms with Crippen molar-refractivity contribution < 1.29 is 4.74 Å². The number of halogens is 2. The van der Waals surface area contributed by atoms with Gasteiger partial charge in [-0.05, 0) is 40.5 Å². The van der Waals surface area contributed by atoms with Gasteiger partial charge < -0.3 is 4.74 Å². The summed E-state index contributed by atoms with van der Waals surface area (Å²) < 4.78 is 5.92. The van der Waals surface area contributed by atoms with E-state index < -0.39 is 0 Å². The van der Waals surface area contributed by atoms with E-state index in [1.165, 1.54) is 0 Å². The zero-order valence-corrected chi connectivity index (χ0v) is 12.5. The maximum atomic E-state index is 5.92. The molecule has 0 aliphatic carbocycles. The first-order chi connectivity index (χ1) is 6.74. The molecule has 15 heavy (non-hydrogen) atoms. The van der Waals surface area contributed by atoms with Gasteiger partial charge in [0, 0.05) is 11.8 Å². The van der Waals surface area contributed by atoms with Crippen LogP contribution in [-0.2, 0) is 4.74 Å². The van der Waals surface area contributed by atoms with Gasteiger partial charge in [-0.25, -0.2) is 0 Å². The van der Waals surface area contributed by atoms with E-state index >= 15 is 0 Å². The third-order valence-corrected chi connectivity index (χ3v) is 2.90. The van der Waals surface area contributed by atoms with E-state index in [0.29, 0.717) is 11.8 Å². The lowest BCUT2D eigenvalue weighted by Crippen LogP contribution is -2.35. The van der Waals surface area contributed by atoms with Gasteiger partial charge >= 0.3 is 0 Å². The van der Waals surface area contributed by atoms with Crippen LogP contribution in [0.5, 0.6) is 0 Å². The molecule has 0 N–H and O–H groups in total. The van der Waals surface area contributed by atoms with Gasteiger partial charge in [0.25, 0.3) is 0 Å². The Hall–Kier alpha value is 0.540. The molecule has 0 aliphatic rings. The van der Waals surface area contributed by atoms with Gasteiger partial charge in [-0.3, -0.25) is 0 Å². The molecule has 0 radical (unpaired) electrons. The Bertz CT molecular complexity index is 129. The second-order valence-corrected chi connectivity index (χ2v) is 5.46. The Balaban J connectivity index is 0. The standard InChI is InChI=1S/C10H22O.C2H4Cl2/c1-7-9(3,4)11-10(5,6)8-2;3-1-2-4/h7-8H2,1-6H3;1-2H2. The number of alkyl halides is 2. The van der Waals surface area contributed by atoms with E-state index in [0.717, 1.165) is 12.8 Å². The predicted octanol–water partition coefficient (Wildman–Crippen LogP) is 4.84. The van der Waals surface area contributed by atoms with Crippen molar-refractivity contribution in [1.29, 1.82) is 0 Å². The van der Waals surface area contributed by atoms with Crippen LogP contribution in [0.2, 0.25) is 0 Å². The summed E-state index contributed by atoms with van der Waals surface area (Å²) in [6, 6.07) is 0. The van der Waals surface area contributed by atoms with Crippen LogP contribution in [0, 0.1) is 0 Å². The predicted molar refractivity (Wildman–Crippen MR) is 71.3 cm³/mol. The zero-order chi connectivity index (χ0) is 12.5. The SMILES string of the molecule is CCC(C)(C)OC(C)(C)CC.ClCCCl. The van der Waals surface area contributed by atoms with Crippen molar-refractivity contribution >= 4 is 23.2 Å². The first-order valence-electron chi connectivity index (χ1n) is 5.56. The molecule has 0 bridgehead atoms. The number of rotatable bonds is 5. The summed E-state index contributed by atoms with van der Waals surface area (Å²) >= 11 is 10.1. The Labute approximate surface area is 105 Å². The molecule has 0 saturated carbocycles. The first kappa shape index (κ1) is 17.9. The zero-order valence-electron chi connectivity index (χ0n) is 11.0. The Morgan fingerprint density at radius 3 is 1.20 bits per heavy atom. The molecule has 0 heterocycles. The van der Waals surface area contributed by atoms with Gasteiger partial charge in [0.05, 0.1) is 11.2 Å². The van der Waals surface area contributed by atoms with Gasteiger partial charge in [0.1, 0.15) is 0 Å². The van der Waals surface area contributed by atoms with Crippen LogP contribution in [0.3, 0.4) is 0 Å². The van der Waals surface area contributed by atoms with E-state index in [2.05, 4.69) is 41.5 Å². The largest absolute Gasteiger partial charge is 0.370 e. The van der Waals surface area contributed by atoms with E-state index in [-0.39, 0.29) is 11.2 Å². The van der Waals surface area contributed by atoms with Crippen LogP contribution < -0.4 is 0 Å². The third kappa shape index (κ3) is 12.5. The maximum Gasteiger partial charge on any atom is 0.0631 e. The first-order valence-corrected chi connectivity index (χ1v) is 6.63. The molecule has 0 aromatic carbocycles. The van der Waals surface area contributed by atoms with Crippen LogP contribution in [-0.4, -0.2) is 23.0 Å². The summed E-state index contributed by atoms with van der Waals surface area (Å²) in [5.74, 6) is 1.11. The van der Waals surface area contributed by atoms with Crippen molar-refractivity contribution in [2.24, 2.45) is 0 Å². The Morgan fingerprint density at radius 2 is 1.07 bits per heavy atom. The van der Waals surface area contributed by atoms with E-state index in [4.69, 9.17) is 27.9 Å². The second-order valence-electron chi connectivity index (χ2n) is 4.71. The maximum absolute atomic E-state index is 5.92. The molecule has 94 valence electrons. The molecule has 0 spiro atoms. The van der Waals surface area contributed by atoms with Crippen molar-refractivity contribution in [2.45, 2.75) is 65.6 Å². The normalized spacial score (nSPS) is 12.0. The fourth-order valence-corrected chi connectivity index (χ4v) is 0.892. The lowest BCUT2D eigenvalue weighted by Gasteiger charge is -2.34. The fraction of sp³-hybridized carbons (Fsp3) is 1.00. The van der Waals surface area contributed by atoms with Gasteiger partial charge in [-0.1, -0.05) is 13.8 Å². The highest BCUT2D eigenvalue weighted by Gasteiger charge is 2.25. The number of hydrogen-bond acceptors (Lipinski definition) is 1. The van der Waals surface area contributed by atoms with Crippen molar-refractivity contribution in [1.82, 2.24) is 0 Å². The molecular weight excluding hydrogens is 231 g/mol. The molecule has 0 aliphatic heterocycles. The summed E-state index contributed by atoms with van der Waals surface area (Å²) in [6.07, 6.45) is 2.13. The van der Waals surface area contributed by atoms with Crippen LogP contribution in [0.25, 0.3) is 0 Å². The van der Waals surface area contributed by atoms with Gasteiger partial charge in [-0.15, -0.1) is 23.2 Å². The third-order valence-electron chi connectivity index (χ3n) is 2.33. The fourth-order valence-electron chi connectivity index (χ4n) is 0.892. The molecule has 3 heteroatoms. The molecule has 0 unspecified atom stereocenters. The molecule has 1 nitrogen and oxygen atoms in total. The average molecular weight is 257 g/mol.